The molecule has 0 aromatic carbocycles. The number of halogens is 2. The van der Waals surface area contributed by atoms with Crippen molar-refractivity contribution in [2.45, 2.75) is 25.7 Å². The van der Waals surface area contributed by atoms with E-state index in [4.69, 9.17) is 5.73 Å². The highest BCUT2D eigenvalue weighted by atomic mass is 19.3. The molecule has 0 bridgehead atoms. The zero-order chi connectivity index (χ0) is 10.1. The molecule has 2 nitrogen and oxygen atoms in total. The van der Waals surface area contributed by atoms with Crippen LogP contribution in [0.5, 0.6) is 0 Å². The first kappa shape index (κ1) is 10.9. The molecule has 0 heterocycles. The monoisotopic (exact) mass is 192 g/mol. The lowest BCUT2D eigenvalue weighted by atomic mass is 10.1. The Labute approximate surface area is 78.1 Å². The maximum atomic E-state index is 12.8. The number of nitrogens with zero attached hydrogens (tertiary/aromatic N) is 1. The van der Waals surface area contributed by atoms with Gasteiger partial charge in [0.1, 0.15) is 0 Å². The molecule has 0 atom stereocenters. The molecule has 78 valence electrons. The van der Waals surface area contributed by atoms with Crippen LogP contribution in [0.1, 0.15) is 19.8 Å². The fraction of sp³-hybridized carbons (Fsp3) is 1.00. The molecule has 0 aromatic heterocycles. The second-order valence-corrected chi connectivity index (χ2v) is 4.54. The summed E-state index contributed by atoms with van der Waals surface area (Å²) in [5.74, 6) is -2.74. The Morgan fingerprint density at radius 1 is 1.46 bits per heavy atom. The molecule has 0 unspecified atom stereocenters. The van der Waals surface area contributed by atoms with Crippen molar-refractivity contribution in [2.24, 2.45) is 11.1 Å². The Morgan fingerprint density at radius 3 is 2.38 bits per heavy atom. The van der Waals surface area contributed by atoms with Gasteiger partial charge in [0.15, 0.2) is 0 Å². The Balaban J connectivity index is 2.28. The third-order valence-electron chi connectivity index (χ3n) is 2.56. The van der Waals surface area contributed by atoms with Crippen molar-refractivity contribution in [1.82, 2.24) is 4.90 Å². The maximum Gasteiger partial charge on any atom is 0.272 e. The van der Waals surface area contributed by atoms with E-state index in [1.165, 1.54) is 0 Å². The lowest BCUT2D eigenvalue weighted by Gasteiger charge is -2.25. The highest BCUT2D eigenvalue weighted by molar-refractivity contribution is 4.91. The maximum absolute atomic E-state index is 12.8. The van der Waals surface area contributed by atoms with E-state index in [0.29, 0.717) is 5.41 Å². The summed E-state index contributed by atoms with van der Waals surface area (Å²) in [5, 5.41) is 0. The topological polar surface area (TPSA) is 29.3 Å². The smallest absolute Gasteiger partial charge is 0.272 e. The van der Waals surface area contributed by atoms with Crippen LogP contribution in [0, 0.1) is 5.41 Å². The zero-order valence-electron chi connectivity index (χ0n) is 8.32. The first-order valence-corrected chi connectivity index (χ1v) is 4.63. The number of nitrogens with two attached hydrogens (primary N) is 1. The van der Waals surface area contributed by atoms with E-state index in [0.717, 1.165) is 19.4 Å². The summed E-state index contributed by atoms with van der Waals surface area (Å²) < 4.78 is 25.7. The van der Waals surface area contributed by atoms with Gasteiger partial charge >= 0.3 is 0 Å². The average molecular weight is 192 g/mol. The molecular formula is C9H18F2N2. The number of hydrogen-bond acceptors (Lipinski definition) is 2. The van der Waals surface area contributed by atoms with Gasteiger partial charge in [-0.05, 0) is 25.3 Å². The SMILES string of the molecule is CN(CC(F)(F)CN)CC1(C)CC1. The number of hydrogen-bond donors (Lipinski definition) is 1. The van der Waals surface area contributed by atoms with Gasteiger partial charge in [-0.15, -0.1) is 0 Å². The Kier molecular flexibility index (Phi) is 2.92. The molecule has 1 aliphatic rings. The van der Waals surface area contributed by atoms with Crippen molar-refractivity contribution >= 4 is 0 Å². The average Bonchev–Trinajstić information content (AvgIpc) is 2.66. The molecular weight excluding hydrogens is 174 g/mol. The zero-order valence-corrected chi connectivity index (χ0v) is 8.32. The van der Waals surface area contributed by atoms with Crippen LogP contribution in [0.2, 0.25) is 0 Å². The Morgan fingerprint density at radius 2 is 2.00 bits per heavy atom. The Bertz CT molecular complexity index is 178. The quantitative estimate of drug-likeness (QED) is 0.711. The summed E-state index contributed by atoms with van der Waals surface area (Å²) in [6.07, 6.45) is 2.32. The van der Waals surface area contributed by atoms with Crippen molar-refractivity contribution in [3.8, 4) is 0 Å². The van der Waals surface area contributed by atoms with Crippen molar-refractivity contribution in [3.63, 3.8) is 0 Å². The van der Waals surface area contributed by atoms with Crippen LogP contribution in [0.25, 0.3) is 0 Å². The fourth-order valence-corrected chi connectivity index (χ4v) is 1.54. The minimum Gasteiger partial charge on any atom is -0.325 e. The first-order chi connectivity index (χ1) is 5.87. The molecule has 1 fully saturated rings. The van der Waals surface area contributed by atoms with Crippen molar-refractivity contribution in [2.75, 3.05) is 26.7 Å². The molecule has 13 heavy (non-hydrogen) atoms. The van der Waals surface area contributed by atoms with Gasteiger partial charge in [-0.3, -0.25) is 4.90 Å². The van der Waals surface area contributed by atoms with Crippen molar-refractivity contribution in [1.29, 1.82) is 0 Å². The van der Waals surface area contributed by atoms with Crippen molar-refractivity contribution < 1.29 is 8.78 Å². The fourth-order valence-electron chi connectivity index (χ4n) is 1.54. The minimum absolute atomic E-state index is 0.223. The van der Waals surface area contributed by atoms with E-state index in [1.54, 1.807) is 11.9 Å². The highest BCUT2D eigenvalue weighted by Crippen LogP contribution is 2.45. The van der Waals surface area contributed by atoms with Gasteiger partial charge in [0.25, 0.3) is 5.92 Å². The van der Waals surface area contributed by atoms with Crippen LogP contribution in [0.15, 0.2) is 0 Å². The molecule has 1 rings (SSSR count). The predicted octanol–water partition coefficient (Wildman–Crippen LogP) is 1.31. The second-order valence-electron chi connectivity index (χ2n) is 4.54. The van der Waals surface area contributed by atoms with Crippen molar-refractivity contribution in [3.05, 3.63) is 0 Å². The summed E-state index contributed by atoms with van der Waals surface area (Å²) in [6, 6.07) is 0. The van der Waals surface area contributed by atoms with Gasteiger partial charge in [0.05, 0.1) is 13.1 Å². The van der Waals surface area contributed by atoms with E-state index in [2.05, 4.69) is 6.92 Å². The van der Waals surface area contributed by atoms with E-state index in [-0.39, 0.29) is 6.54 Å². The summed E-state index contributed by atoms with van der Waals surface area (Å²) in [4.78, 5) is 1.68. The first-order valence-electron chi connectivity index (χ1n) is 4.63. The third-order valence-corrected chi connectivity index (χ3v) is 2.56. The van der Waals surface area contributed by atoms with E-state index < -0.39 is 12.5 Å². The van der Waals surface area contributed by atoms with Crippen LogP contribution in [0.4, 0.5) is 8.78 Å². The molecule has 1 aliphatic carbocycles. The summed E-state index contributed by atoms with van der Waals surface area (Å²) in [5.41, 5.74) is 5.25. The van der Waals surface area contributed by atoms with Crippen LogP contribution in [0.3, 0.4) is 0 Å². The predicted molar refractivity (Wildman–Crippen MR) is 48.8 cm³/mol. The lowest BCUT2D eigenvalue weighted by Crippen LogP contribution is -2.41. The molecule has 2 N–H and O–H groups in total. The standard InChI is InChI=1S/C9H18F2N2/c1-8(3-4-8)6-13(2)7-9(10,11)5-12/h3-7,12H2,1-2H3. The van der Waals surface area contributed by atoms with Crippen LogP contribution in [-0.4, -0.2) is 37.5 Å². The molecule has 0 aliphatic heterocycles. The molecule has 1 saturated carbocycles. The summed E-state index contributed by atoms with van der Waals surface area (Å²) >= 11 is 0. The summed E-state index contributed by atoms with van der Waals surface area (Å²) in [6.45, 7) is 2.10. The molecule has 0 spiro atoms. The molecule has 0 saturated heterocycles. The molecule has 0 radical (unpaired) electrons. The highest BCUT2D eigenvalue weighted by Gasteiger charge is 2.39. The van der Waals surface area contributed by atoms with Gasteiger partial charge in [0, 0.05) is 6.54 Å². The number of alkyl halides is 2. The van der Waals surface area contributed by atoms with Crippen LogP contribution < -0.4 is 5.73 Å². The number of rotatable bonds is 5. The lowest BCUT2D eigenvalue weighted by molar-refractivity contribution is -0.0205. The van der Waals surface area contributed by atoms with Crippen LogP contribution in [-0.2, 0) is 0 Å². The van der Waals surface area contributed by atoms with Crippen LogP contribution >= 0.6 is 0 Å². The Hall–Kier alpha value is -0.220. The van der Waals surface area contributed by atoms with Gasteiger partial charge in [0.2, 0.25) is 0 Å². The van der Waals surface area contributed by atoms with Gasteiger partial charge in [-0.2, -0.15) is 0 Å². The molecule has 0 aromatic rings. The van der Waals surface area contributed by atoms with Gasteiger partial charge in [-0.1, -0.05) is 6.92 Å². The summed E-state index contributed by atoms with van der Waals surface area (Å²) in [7, 11) is 1.73. The van der Waals surface area contributed by atoms with E-state index in [9.17, 15) is 8.78 Å². The second kappa shape index (κ2) is 3.50. The largest absolute Gasteiger partial charge is 0.325 e. The van der Waals surface area contributed by atoms with Gasteiger partial charge < -0.3 is 5.73 Å². The normalized spacial score (nSPS) is 20.8. The van der Waals surface area contributed by atoms with E-state index in [1.807, 2.05) is 0 Å². The molecule has 4 heteroatoms. The minimum atomic E-state index is -2.74. The molecule has 0 amide bonds. The van der Waals surface area contributed by atoms with E-state index >= 15 is 0 Å². The third kappa shape index (κ3) is 3.56. The van der Waals surface area contributed by atoms with Gasteiger partial charge in [-0.25, -0.2) is 8.78 Å².